The van der Waals surface area contributed by atoms with Crippen molar-refractivity contribution < 1.29 is 4.79 Å². The van der Waals surface area contributed by atoms with Gasteiger partial charge in [0.1, 0.15) is 0 Å². The van der Waals surface area contributed by atoms with Gasteiger partial charge in [0.15, 0.2) is 0 Å². The van der Waals surface area contributed by atoms with E-state index in [-0.39, 0.29) is 30.0 Å². The van der Waals surface area contributed by atoms with Gasteiger partial charge < -0.3 is 10.6 Å². The number of benzene rings is 2. The Balaban J connectivity index is 1.97. The number of carbonyl (C=O) groups is 1. The molecular weight excluding hydrogens is 272 g/mol. The predicted octanol–water partition coefficient (Wildman–Crippen LogP) is 3.21. The highest BCUT2D eigenvalue weighted by atomic mass is 16.2. The SMILES string of the molecule is CC1NC(=O)C(C)C(c2ccccc2)NC1c1ccccc1. The molecule has 4 unspecified atom stereocenters. The monoisotopic (exact) mass is 294 g/mol. The molecule has 0 aliphatic carbocycles. The molecule has 4 atom stereocenters. The Bertz CT molecular complexity index is 626. The maximum atomic E-state index is 12.4. The van der Waals surface area contributed by atoms with Gasteiger partial charge in [0, 0.05) is 12.1 Å². The number of carbonyl (C=O) groups excluding carboxylic acids is 1. The van der Waals surface area contributed by atoms with E-state index >= 15 is 0 Å². The van der Waals surface area contributed by atoms with Crippen LogP contribution >= 0.6 is 0 Å². The van der Waals surface area contributed by atoms with E-state index in [1.54, 1.807) is 0 Å². The highest BCUT2D eigenvalue weighted by Crippen LogP contribution is 2.30. The first-order valence-electron chi connectivity index (χ1n) is 7.83. The van der Waals surface area contributed by atoms with Crippen molar-refractivity contribution >= 4 is 5.91 Å². The van der Waals surface area contributed by atoms with Crippen molar-refractivity contribution in [2.45, 2.75) is 32.0 Å². The van der Waals surface area contributed by atoms with Gasteiger partial charge in [0.05, 0.1) is 12.0 Å². The van der Waals surface area contributed by atoms with Crippen molar-refractivity contribution in [3.8, 4) is 0 Å². The van der Waals surface area contributed by atoms with Crippen LogP contribution in [-0.2, 0) is 4.79 Å². The lowest BCUT2D eigenvalue weighted by atomic mass is 9.93. The molecule has 0 saturated carbocycles. The van der Waals surface area contributed by atoms with E-state index in [1.165, 1.54) is 5.56 Å². The number of hydrogen-bond acceptors (Lipinski definition) is 2. The Kier molecular flexibility index (Phi) is 4.25. The molecule has 3 rings (SSSR count). The highest BCUT2D eigenvalue weighted by molar-refractivity contribution is 5.80. The lowest BCUT2D eigenvalue weighted by Gasteiger charge is -2.27. The smallest absolute Gasteiger partial charge is 0.225 e. The quantitative estimate of drug-likeness (QED) is 0.893. The summed E-state index contributed by atoms with van der Waals surface area (Å²) in [6.45, 7) is 4.04. The third-order valence-corrected chi connectivity index (χ3v) is 4.46. The molecule has 1 fully saturated rings. The van der Waals surface area contributed by atoms with Gasteiger partial charge in [-0.3, -0.25) is 4.79 Å². The van der Waals surface area contributed by atoms with Gasteiger partial charge in [-0.25, -0.2) is 0 Å². The Morgan fingerprint density at radius 2 is 1.27 bits per heavy atom. The number of amides is 1. The molecule has 0 radical (unpaired) electrons. The van der Waals surface area contributed by atoms with Gasteiger partial charge >= 0.3 is 0 Å². The first-order chi connectivity index (χ1) is 10.7. The summed E-state index contributed by atoms with van der Waals surface area (Å²) in [5.74, 6) is -0.00848. The second kappa shape index (κ2) is 6.32. The summed E-state index contributed by atoms with van der Waals surface area (Å²) in [5, 5.41) is 6.83. The van der Waals surface area contributed by atoms with Gasteiger partial charge in [-0.1, -0.05) is 67.6 Å². The van der Waals surface area contributed by atoms with Crippen LogP contribution in [0.5, 0.6) is 0 Å². The molecule has 0 spiro atoms. The molecule has 2 aromatic rings. The third-order valence-electron chi connectivity index (χ3n) is 4.46. The fourth-order valence-corrected chi connectivity index (χ4v) is 3.16. The van der Waals surface area contributed by atoms with E-state index in [0.29, 0.717) is 0 Å². The third kappa shape index (κ3) is 2.90. The second-order valence-electron chi connectivity index (χ2n) is 6.03. The van der Waals surface area contributed by atoms with Crippen molar-refractivity contribution in [2.24, 2.45) is 5.92 Å². The average Bonchev–Trinajstić information content (AvgIpc) is 2.67. The van der Waals surface area contributed by atoms with Gasteiger partial charge in [-0.05, 0) is 18.1 Å². The van der Waals surface area contributed by atoms with Crippen LogP contribution in [0.2, 0.25) is 0 Å². The van der Waals surface area contributed by atoms with Gasteiger partial charge in [0.25, 0.3) is 0 Å². The summed E-state index contributed by atoms with van der Waals surface area (Å²) in [4.78, 5) is 12.4. The second-order valence-corrected chi connectivity index (χ2v) is 6.03. The summed E-state index contributed by atoms with van der Waals surface area (Å²) in [6, 6.07) is 20.7. The molecule has 1 saturated heterocycles. The molecule has 0 aromatic heterocycles. The van der Waals surface area contributed by atoms with E-state index in [1.807, 2.05) is 43.3 Å². The van der Waals surface area contributed by atoms with Crippen LogP contribution in [0.3, 0.4) is 0 Å². The lowest BCUT2D eigenvalue weighted by Crippen LogP contribution is -2.38. The fraction of sp³-hybridized carbons (Fsp3) is 0.316. The van der Waals surface area contributed by atoms with Crippen LogP contribution in [0.25, 0.3) is 0 Å². The molecule has 3 nitrogen and oxygen atoms in total. The predicted molar refractivity (Wildman–Crippen MR) is 88.3 cm³/mol. The molecule has 3 heteroatoms. The molecule has 1 heterocycles. The molecule has 2 N–H and O–H groups in total. The normalized spacial score (nSPS) is 28.7. The van der Waals surface area contributed by atoms with Crippen molar-refractivity contribution in [1.29, 1.82) is 0 Å². The molecule has 22 heavy (non-hydrogen) atoms. The van der Waals surface area contributed by atoms with E-state index in [9.17, 15) is 4.79 Å². The maximum absolute atomic E-state index is 12.4. The van der Waals surface area contributed by atoms with E-state index in [2.05, 4.69) is 41.8 Å². The topological polar surface area (TPSA) is 41.1 Å². The molecule has 114 valence electrons. The van der Waals surface area contributed by atoms with E-state index in [0.717, 1.165) is 5.56 Å². The van der Waals surface area contributed by atoms with Crippen molar-refractivity contribution in [1.82, 2.24) is 10.6 Å². The molecule has 1 aliphatic heterocycles. The van der Waals surface area contributed by atoms with E-state index in [4.69, 9.17) is 0 Å². The zero-order chi connectivity index (χ0) is 15.5. The van der Waals surface area contributed by atoms with Gasteiger partial charge in [-0.2, -0.15) is 0 Å². The molecule has 0 bridgehead atoms. The van der Waals surface area contributed by atoms with Crippen molar-refractivity contribution in [2.75, 3.05) is 0 Å². The zero-order valence-corrected chi connectivity index (χ0v) is 13.0. The summed E-state index contributed by atoms with van der Waals surface area (Å²) in [5.41, 5.74) is 2.35. The average molecular weight is 294 g/mol. The Morgan fingerprint density at radius 3 is 1.82 bits per heavy atom. The van der Waals surface area contributed by atoms with Crippen molar-refractivity contribution in [3.63, 3.8) is 0 Å². The number of nitrogens with one attached hydrogen (secondary N) is 2. The van der Waals surface area contributed by atoms with Crippen LogP contribution in [0, 0.1) is 5.92 Å². The minimum atomic E-state index is -0.112. The summed E-state index contributed by atoms with van der Waals surface area (Å²) >= 11 is 0. The summed E-state index contributed by atoms with van der Waals surface area (Å²) < 4.78 is 0. The minimum absolute atomic E-state index is 0.0105. The summed E-state index contributed by atoms with van der Waals surface area (Å²) in [6.07, 6.45) is 0. The van der Waals surface area contributed by atoms with Crippen LogP contribution in [0.15, 0.2) is 60.7 Å². The Labute approximate surface area is 131 Å². The molecule has 1 aliphatic rings. The van der Waals surface area contributed by atoms with Gasteiger partial charge in [0.2, 0.25) is 5.91 Å². The maximum Gasteiger partial charge on any atom is 0.225 e. The van der Waals surface area contributed by atoms with Crippen molar-refractivity contribution in [3.05, 3.63) is 71.8 Å². The van der Waals surface area contributed by atoms with Gasteiger partial charge in [-0.15, -0.1) is 0 Å². The lowest BCUT2D eigenvalue weighted by molar-refractivity contribution is -0.125. The van der Waals surface area contributed by atoms with E-state index < -0.39 is 0 Å². The number of rotatable bonds is 2. The Morgan fingerprint density at radius 1 is 0.773 bits per heavy atom. The number of hydrogen-bond donors (Lipinski definition) is 2. The molecule has 1 amide bonds. The fourth-order valence-electron chi connectivity index (χ4n) is 3.16. The van der Waals surface area contributed by atoms with Crippen LogP contribution in [-0.4, -0.2) is 11.9 Å². The first kappa shape index (κ1) is 14.8. The molecular formula is C19H22N2O. The zero-order valence-electron chi connectivity index (χ0n) is 13.0. The summed E-state index contributed by atoms with van der Waals surface area (Å²) in [7, 11) is 0. The van der Waals surface area contributed by atoms with Crippen LogP contribution < -0.4 is 10.6 Å². The minimum Gasteiger partial charge on any atom is -0.351 e. The molecule has 2 aromatic carbocycles. The highest BCUT2D eigenvalue weighted by Gasteiger charge is 2.35. The Hall–Kier alpha value is -2.13. The van der Waals surface area contributed by atoms with Crippen LogP contribution in [0.1, 0.15) is 37.1 Å². The van der Waals surface area contributed by atoms with Crippen LogP contribution in [0.4, 0.5) is 0 Å². The first-order valence-corrected chi connectivity index (χ1v) is 7.83. The standard InChI is InChI=1S/C19H22N2O/c1-13-17(15-9-5-3-6-10-15)21-18(14(2)20-19(13)22)16-11-7-4-8-12-16/h3-14,17-18,21H,1-2H3,(H,20,22). The largest absolute Gasteiger partial charge is 0.351 e.